The van der Waals surface area contributed by atoms with E-state index < -0.39 is 69.2 Å². The molecule has 0 aliphatic carbocycles. The van der Waals surface area contributed by atoms with Gasteiger partial charge in [-0.05, 0) is 119 Å². The molecule has 0 radical (unpaired) electrons. The zero-order chi connectivity index (χ0) is 62.7. The number of benzene rings is 5. The summed E-state index contributed by atoms with van der Waals surface area (Å²) in [4.78, 5) is 49.8. The van der Waals surface area contributed by atoms with Gasteiger partial charge >= 0.3 is 11.9 Å². The van der Waals surface area contributed by atoms with Gasteiger partial charge in [0.15, 0.2) is 64.0 Å². The van der Waals surface area contributed by atoms with E-state index in [2.05, 4.69) is 10.2 Å². The van der Waals surface area contributed by atoms with Crippen LogP contribution in [0, 0.1) is 10.1 Å². The highest BCUT2D eigenvalue weighted by Crippen LogP contribution is 2.48. The van der Waals surface area contributed by atoms with Gasteiger partial charge in [-0.15, -0.1) is 0 Å². The number of fused-ring (bicyclic) bond motifs is 1. The number of non-ortho nitro benzene ring substituents is 1. The second-order valence-corrected chi connectivity index (χ2v) is 24.4. The highest BCUT2D eigenvalue weighted by atomic mass is 32.3. The Hall–Kier alpha value is -9.01. The summed E-state index contributed by atoms with van der Waals surface area (Å²) in [6.45, 7) is 6.45. The van der Waals surface area contributed by atoms with Gasteiger partial charge < -0.3 is 68.6 Å². The first-order valence-electron chi connectivity index (χ1n) is 26.2. The third kappa shape index (κ3) is 14.0. The molecule has 3 heterocycles. The van der Waals surface area contributed by atoms with Crippen molar-refractivity contribution in [3.63, 3.8) is 0 Å². The lowest BCUT2D eigenvalue weighted by atomic mass is 9.80. The Labute approximate surface area is 490 Å². The Balaban J connectivity index is 0.000000212. The Morgan fingerprint density at radius 1 is 0.741 bits per heavy atom. The first-order chi connectivity index (χ1) is 40.2. The molecular formula is C59H67N3O21S2. The maximum atomic E-state index is 13.5. The number of hydrogen-bond donors (Lipinski definition) is 6. The summed E-state index contributed by atoms with van der Waals surface area (Å²) in [6.07, 6.45) is 1.20. The molecule has 1 saturated heterocycles. The van der Waals surface area contributed by atoms with Crippen LogP contribution in [0.1, 0.15) is 62.6 Å². The number of esters is 2. The normalized spacial score (nSPS) is 15.7. The van der Waals surface area contributed by atoms with E-state index in [0.29, 0.717) is 59.5 Å². The second kappa shape index (κ2) is 27.6. The van der Waals surface area contributed by atoms with Crippen LogP contribution in [0.2, 0.25) is 0 Å². The van der Waals surface area contributed by atoms with Crippen LogP contribution in [0.25, 0.3) is 22.3 Å². The van der Waals surface area contributed by atoms with Crippen LogP contribution in [0.5, 0.6) is 51.7 Å². The van der Waals surface area contributed by atoms with Gasteiger partial charge in [-0.25, -0.2) is 26.4 Å². The lowest BCUT2D eigenvalue weighted by Crippen LogP contribution is -2.50. The summed E-state index contributed by atoms with van der Waals surface area (Å²) in [5.41, 5.74) is 2.15. The molecule has 8 rings (SSSR count). The smallest absolute Gasteiger partial charge is 0.336 e. The number of dihydropyridines is 1. The molecule has 0 saturated carbocycles. The molecule has 2 aliphatic rings. The maximum Gasteiger partial charge on any atom is 0.336 e. The van der Waals surface area contributed by atoms with Crippen molar-refractivity contribution >= 4 is 48.3 Å². The van der Waals surface area contributed by atoms with E-state index in [-0.39, 0.29) is 87.1 Å². The molecule has 6 aromatic rings. The molecule has 26 heteroatoms. The topological polar surface area (TPSA) is 348 Å². The molecule has 6 N–H and O–H groups in total. The number of allylic oxidation sites excluding steroid dienone is 2. The van der Waals surface area contributed by atoms with Crippen LogP contribution in [0.15, 0.2) is 123 Å². The number of ether oxygens (including phenoxy) is 6. The average Bonchev–Trinajstić information content (AvgIpc) is 0.946. The highest BCUT2D eigenvalue weighted by molar-refractivity contribution is 8.10. The van der Waals surface area contributed by atoms with Gasteiger partial charge in [0.2, 0.25) is 11.2 Å². The van der Waals surface area contributed by atoms with Crippen molar-refractivity contribution in [2.75, 3.05) is 73.8 Å². The Morgan fingerprint density at radius 2 is 1.35 bits per heavy atom. The van der Waals surface area contributed by atoms with Crippen LogP contribution in [0.4, 0.5) is 5.69 Å². The Morgan fingerprint density at radius 3 is 1.94 bits per heavy atom. The molecule has 1 unspecified atom stereocenters. The summed E-state index contributed by atoms with van der Waals surface area (Å²) in [5, 5.41) is 61.8. The van der Waals surface area contributed by atoms with E-state index in [9.17, 15) is 66.9 Å². The number of carbonyl (C=O) groups is 2. The van der Waals surface area contributed by atoms with Gasteiger partial charge in [-0.2, -0.15) is 0 Å². The Bertz CT molecular complexity index is 3820. The van der Waals surface area contributed by atoms with E-state index in [4.69, 9.17) is 32.8 Å². The maximum absolute atomic E-state index is 13.5. The van der Waals surface area contributed by atoms with E-state index in [1.54, 1.807) is 47.1 Å². The van der Waals surface area contributed by atoms with Gasteiger partial charge in [0, 0.05) is 47.8 Å². The molecule has 85 heavy (non-hydrogen) atoms. The summed E-state index contributed by atoms with van der Waals surface area (Å²) >= 11 is 0. The van der Waals surface area contributed by atoms with Crippen molar-refractivity contribution in [2.45, 2.75) is 56.5 Å². The number of phenols is 4. The third-order valence-electron chi connectivity index (χ3n) is 14.2. The van der Waals surface area contributed by atoms with Crippen molar-refractivity contribution in [3.8, 4) is 63.1 Å². The fraction of sp³-hybridized carbons (Fsp3) is 0.339. The molecule has 5 aromatic carbocycles. The standard InChI is InChI=1S/C26H37NO8S2.C18H20N2O6.C15H10O7/c1-27(15-12-20-8-10-22(32-2)24(18-20)34-4)14-6-13-26(36(28,29)16-7-17-37(26,30)31)21-9-11-23(33-3)25(19-21)35-5;1-5-26-18(22)15-11(3)19-10(2)14(17(21)25-4)16(15)12-7-6-8-13(9-12)20(23)24;16-7-4-10(19)12-11(5-7)22-15(14(21)13(12)20)6-1-2-8(17)9(18)3-6/h8-11,18-19H,6-7,12-17H2,1-5H3;6-9,16,19H,5H2,1-4H3;1-5,16-19,21H. The van der Waals surface area contributed by atoms with Crippen molar-refractivity contribution in [3.05, 3.63) is 151 Å². The molecular weight excluding hydrogens is 1150 g/mol. The van der Waals surface area contributed by atoms with Crippen molar-refractivity contribution in [1.82, 2.24) is 10.2 Å². The first kappa shape index (κ1) is 65.1. The number of nitrogens with one attached hydrogen (secondary N) is 1. The predicted molar refractivity (Wildman–Crippen MR) is 313 cm³/mol. The fourth-order valence-corrected chi connectivity index (χ4v) is 15.9. The van der Waals surface area contributed by atoms with Crippen LogP contribution < -0.4 is 29.7 Å². The van der Waals surface area contributed by atoms with E-state index in [1.165, 1.54) is 57.7 Å². The van der Waals surface area contributed by atoms with Crippen molar-refractivity contribution in [2.24, 2.45) is 0 Å². The monoisotopic (exact) mass is 1220 g/mol. The number of likely N-dealkylation sites (N-methyl/N-ethyl adjacent to an activating group) is 1. The fourth-order valence-electron chi connectivity index (χ4n) is 10.0. The average molecular weight is 1220 g/mol. The summed E-state index contributed by atoms with van der Waals surface area (Å²) in [7, 11) is 1.29. The summed E-state index contributed by atoms with van der Waals surface area (Å²) in [5.74, 6) is -3.09. The second-order valence-electron chi connectivity index (χ2n) is 19.5. The highest BCUT2D eigenvalue weighted by Gasteiger charge is 2.57. The lowest BCUT2D eigenvalue weighted by Gasteiger charge is -2.37. The molecule has 456 valence electrons. The molecule has 0 amide bonds. The lowest BCUT2D eigenvalue weighted by molar-refractivity contribution is -0.384. The van der Waals surface area contributed by atoms with Crippen LogP contribution in [-0.4, -0.2) is 138 Å². The Kier molecular flexibility index (Phi) is 21.1. The third-order valence-corrected chi connectivity index (χ3v) is 20.2. The number of rotatable bonds is 18. The van der Waals surface area contributed by atoms with Crippen molar-refractivity contribution in [1.29, 1.82) is 0 Å². The van der Waals surface area contributed by atoms with Gasteiger partial charge in [-0.3, -0.25) is 14.9 Å². The number of sulfone groups is 2. The molecule has 1 aromatic heterocycles. The molecule has 0 spiro atoms. The van der Waals surface area contributed by atoms with Gasteiger partial charge in [0.1, 0.15) is 22.5 Å². The van der Waals surface area contributed by atoms with Crippen LogP contribution in [-0.2, 0) is 49.2 Å². The molecule has 1 fully saturated rings. The molecule has 2 aliphatic heterocycles. The number of nitrogens with zero attached hydrogens (tertiary/aromatic N) is 2. The number of nitro benzene ring substituents is 1. The van der Waals surface area contributed by atoms with Gasteiger partial charge in [0.05, 0.1) is 75.6 Å². The summed E-state index contributed by atoms with van der Waals surface area (Å²) in [6, 6.07) is 21.8. The minimum atomic E-state index is -3.99. The summed E-state index contributed by atoms with van der Waals surface area (Å²) < 4.78 is 88.6. The van der Waals surface area contributed by atoms with Gasteiger partial charge in [-0.1, -0.05) is 24.3 Å². The SMILES string of the molecule is CCOC(=O)C1=C(C)NC(C)=C(C(=O)OC)C1c1cccc([N+](=O)[O-])c1.COc1ccc(CCN(C)CCCC2(c3ccc(OC)c(OC)c3)S(=O)(=O)CCCS2(=O)=O)cc1OC.O=c1c(O)c(-c2ccc(O)c(O)c2)oc2cc(O)cc(O)c12. The molecule has 0 bridgehead atoms. The van der Waals surface area contributed by atoms with Crippen LogP contribution >= 0.6 is 0 Å². The zero-order valence-corrected chi connectivity index (χ0v) is 49.7. The van der Waals surface area contributed by atoms with Crippen LogP contribution in [0.3, 0.4) is 0 Å². The molecule has 24 nitrogen and oxygen atoms in total. The number of nitro groups is 1. The quantitative estimate of drug-likeness (QED) is 0.0208. The number of hydrogen-bond acceptors (Lipinski definition) is 23. The number of phenolic OH excluding ortho intramolecular Hbond substituents is 4. The largest absolute Gasteiger partial charge is 0.508 e. The number of methoxy groups -OCH3 is 5. The molecule has 1 atom stereocenters. The minimum absolute atomic E-state index is 0.0339. The van der Waals surface area contributed by atoms with E-state index in [0.717, 1.165) is 36.2 Å². The predicted octanol–water partition coefficient (Wildman–Crippen LogP) is 7.62. The zero-order valence-electron chi connectivity index (χ0n) is 48.1. The van der Waals surface area contributed by atoms with Gasteiger partial charge in [0.25, 0.3) is 5.69 Å². The van der Waals surface area contributed by atoms with E-state index >= 15 is 0 Å². The van der Waals surface area contributed by atoms with Crippen molar-refractivity contribution < 1.29 is 89.7 Å². The minimum Gasteiger partial charge on any atom is -0.508 e. The van der Waals surface area contributed by atoms with E-state index in [1.807, 2.05) is 25.2 Å². The number of aromatic hydroxyl groups is 5. The number of carbonyl (C=O) groups excluding carboxylic acids is 2. The first-order valence-corrected chi connectivity index (χ1v) is 29.5.